The molecule has 0 radical (unpaired) electrons. The van der Waals surface area contributed by atoms with E-state index in [1.807, 2.05) is 6.07 Å². The number of hydrogen-bond acceptors (Lipinski definition) is 6. The maximum Gasteiger partial charge on any atom is 0.160 e. The van der Waals surface area contributed by atoms with Crippen molar-refractivity contribution in [3.05, 3.63) is 59.0 Å². The number of nitrogen functional groups attached to an aromatic ring is 1. The summed E-state index contributed by atoms with van der Waals surface area (Å²) in [6.07, 6.45) is 2.92. The Kier molecular flexibility index (Phi) is 4.52. The number of anilines is 5. The molecular formula is C15H11BrF2N6. The Morgan fingerprint density at radius 3 is 2.33 bits per heavy atom. The highest BCUT2D eigenvalue weighted by Crippen LogP contribution is 2.28. The lowest BCUT2D eigenvalue weighted by molar-refractivity contribution is 0.509. The first kappa shape index (κ1) is 16.1. The summed E-state index contributed by atoms with van der Waals surface area (Å²) in [5, 5.41) is 5.79. The molecule has 3 aromatic rings. The van der Waals surface area contributed by atoms with Crippen LogP contribution in [0, 0.1) is 11.6 Å². The fraction of sp³-hybridized carbons (Fsp3) is 0. The van der Waals surface area contributed by atoms with Gasteiger partial charge in [0.2, 0.25) is 0 Å². The predicted octanol–water partition coefficient (Wildman–Crippen LogP) is 3.98. The summed E-state index contributed by atoms with van der Waals surface area (Å²) in [7, 11) is 0. The molecule has 0 bridgehead atoms. The molecule has 2 aromatic heterocycles. The number of pyridine rings is 1. The Morgan fingerprint density at radius 2 is 1.67 bits per heavy atom. The van der Waals surface area contributed by atoms with Crippen LogP contribution in [0.15, 0.2) is 47.3 Å². The predicted molar refractivity (Wildman–Crippen MR) is 91.3 cm³/mol. The van der Waals surface area contributed by atoms with Crippen molar-refractivity contribution >= 4 is 44.8 Å². The highest BCUT2D eigenvalue weighted by Gasteiger charge is 2.10. The molecule has 122 valence electrons. The van der Waals surface area contributed by atoms with Gasteiger partial charge in [-0.15, -0.1) is 0 Å². The van der Waals surface area contributed by atoms with Crippen molar-refractivity contribution in [2.75, 3.05) is 16.4 Å². The van der Waals surface area contributed by atoms with Gasteiger partial charge in [-0.2, -0.15) is 0 Å². The van der Waals surface area contributed by atoms with Crippen LogP contribution in [0.2, 0.25) is 0 Å². The van der Waals surface area contributed by atoms with E-state index in [4.69, 9.17) is 5.73 Å². The highest BCUT2D eigenvalue weighted by atomic mass is 79.9. The van der Waals surface area contributed by atoms with E-state index < -0.39 is 11.6 Å². The van der Waals surface area contributed by atoms with E-state index >= 15 is 0 Å². The molecule has 3 rings (SSSR count). The van der Waals surface area contributed by atoms with Gasteiger partial charge in [-0.05, 0) is 40.2 Å². The van der Waals surface area contributed by atoms with Gasteiger partial charge >= 0.3 is 0 Å². The second-order valence-corrected chi connectivity index (χ2v) is 5.64. The second kappa shape index (κ2) is 6.75. The Morgan fingerprint density at radius 1 is 0.917 bits per heavy atom. The second-order valence-electron chi connectivity index (χ2n) is 4.73. The van der Waals surface area contributed by atoms with Crippen molar-refractivity contribution < 1.29 is 8.78 Å². The van der Waals surface area contributed by atoms with Gasteiger partial charge in [-0.3, -0.25) is 0 Å². The number of nitrogens with two attached hydrogens (primary N) is 1. The van der Waals surface area contributed by atoms with Crippen LogP contribution in [-0.2, 0) is 0 Å². The highest BCUT2D eigenvalue weighted by molar-refractivity contribution is 9.10. The molecule has 24 heavy (non-hydrogen) atoms. The molecule has 0 saturated heterocycles. The summed E-state index contributed by atoms with van der Waals surface area (Å²) in [5.41, 5.74) is 6.55. The van der Waals surface area contributed by atoms with Crippen LogP contribution in [0.1, 0.15) is 0 Å². The largest absolute Gasteiger partial charge is 0.393 e. The molecule has 0 aliphatic heterocycles. The Hall–Kier alpha value is -2.81. The molecular weight excluding hydrogens is 382 g/mol. The van der Waals surface area contributed by atoms with Gasteiger partial charge in [-0.1, -0.05) is 0 Å². The van der Waals surface area contributed by atoms with E-state index in [9.17, 15) is 8.78 Å². The zero-order chi connectivity index (χ0) is 17.1. The van der Waals surface area contributed by atoms with Crippen LogP contribution in [0.3, 0.4) is 0 Å². The fourth-order valence-corrected chi connectivity index (χ4v) is 2.11. The molecule has 0 unspecified atom stereocenters. The van der Waals surface area contributed by atoms with Crippen LogP contribution < -0.4 is 16.4 Å². The minimum Gasteiger partial charge on any atom is -0.393 e. The average molecular weight is 393 g/mol. The standard InChI is InChI=1S/C15H11BrF2N6/c16-8-1-4-12(20-6-8)24-15-13(19)14(21-7-22-15)23-9-2-3-10(17)11(18)5-9/h1-7H,19H2,(H2,20,21,22,23,24). The van der Waals surface area contributed by atoms with E-state index in [2.05, 4.69) is 41.5 Å². The first-order valence-electron chi connectivity index (χ1n) is 6.74. The lowest BCUT2D eigenvalue weighted by Crippen LogP contribution is -2.06. The maximum absolute atomic E-state index is 13.3. The zero-order valence-corrected chi connectivity index (χ0v) is 13.7. The number of hydrogen-bond donors (Lipinski definition) is 3. The topological polar surface area (TPSA) is 88.8 Å². The van der Waals surface area contributed by atoms with Crippen LogP contribution in [0.5, 0.6) is 0 Å². The summed E-state index contributed by atoms with van der Waals surface area (Å²) in [6, 6.07) is 6.96. The van der Waals surface area contributed by atoms with E-state index in [1.165, 1.54) is 12.4 Å². The third kappa shape index (κ3) is 3.57. The lowest BCUT2D eigenvalue weighted by Gasteiger charge is -2.12. The summed E-state index contributed by atoms with van der Waals surface area (Å²) >= 11 is 3.30. The molecule has 0 aliphatic rings. The molecule has 4 N–H and O–H groups in total. The Labute approximate surface area is 144 Å². The fourth-order valence-electron chi connectivity index (χ4n) is 1.88. The molecule has 0 fully saturated rings. The molecule has 0 amide bonds. The number of halogens is 3. The van der Waals surface area contributed by atoms with Gasteiger partial charge in [0, 0.05) is 22.4 Å². The molecule has 0 aliphatic carbocycles. The number of rotatable bonds is 4. The van der Waals surface area contributed by atoms with Crippen molar-refractivity contribution in [2.45, 2.75) is 0 Å². The lowest BCUT2D eigenvalue weighted by atomic mass is 10.3. The minimum absolute atomic E-state index is 0.215. The van der Waals surface area contributed by atoms with Gasteiger partial charge in [0.05, 0.1) is 0 Å². The van der Waals surface area contributed by atoms with Crippen molar-refractivity contribution in [3.63, 3.8) is 0 Å². The third-order valence-corrected chi connectivity index (χ3v) is 3.51. The number of aromatic nitrogens is 3. The van der Waals surface area contributed by atoms with Gasteiger partial charge in [0.25, 0.3) is 0 Å². The van der Waals surface area contributed by atoms with E-state index in [0.717, 1.165) is 16.6 Å². The van der Waals surface area contributed by atoms with Gasteiger partial charge < -0.3 is 16.4 Å². The molecule has 1 aromatic carbocycles. The molecule has 2 heterocycles. The smallest absolute Gasteiger partial charge is 0.160 e. The number of benzene rings is 1. The van der Waals surface area contributed by atoms with Crippen LogP contribution >= 0.6 is 15.9 Å². The van der Waals surface area contributed by atoms with Crippen molar-refractivity contribution in [1.29, 1.82) is 0 Å². The summed E-state index contributed by atoms with van der Waals surface area (Å²) in [4.78, 5) is 12.2. The van der Waals surface area contributed by atoms with E-state index in [-0.39, 0.29) is 11.5 Å². The normalized spacial score (nSPS) is 10.5. The first-order valence-corrected chi connectivity index (χ1v) is 7.53. The van der Waals surface area contributed by atoms with E-state index in [0.29, 0.717) is 17.3 Å². The molecule has 9 heteroatoms. The van der Waals surface area contributed by atoms with E-state index in [1.54, 1.807) is 12.3 Å². The average Bonchev–Trinajstić information content (AvgIpc) is 2.57. The third-order valence-electron chi connectivity index (χ3n) is 3.04. The van der Waals surface area contributed by atoms with Crippen molar-refractivity contribution in [3.8, 4) is 0 Å². The van der Waals surface area contributed by atoms with Crippen molar-refractivity contribution in [1.82, 2.24) is 15.0 Å². The SMILES string of the molecule is Nc1c(Nc2ccc(F)c(F)c2)ncnc1Nc1ccc(Br)cn1. The van der Waals surface area contributed by atoms with Crippen LogP contribution in [-0.4, -0.2) is 15.0 Å². The monoisotopic (exact) mass is 392 g/mol. The summed E-state index contributed by atoms with van der Waals surface area (Å²) in [6.45, 7) is 0. The van der Waals surface area contributed by atoms with Gasteiger partial charge in [0.1, 0.15) is 17.8 Å². The maximum atomic E-state index is 13.3. The number of nitrogens with one attached hydrogen (secondary N) is 2. The zero-order valence-electron chi connectivity index (χ0n) is 12.1. The summed E-state index contributed by atoms with van der Waals surface area (Å²) in [5.74, 6) is -0.757. The van der Waals surface area contributed by atoms with Crippen LogP contribution in [0.4, 0.5) is 37.6 Å². The molecule has 0 atom stereocenters. The first-order chi connectivity index (χ1) is 11.5. The Balaban J connectivity index is 1.84. The van der Waals surface area contributed by atoms with Crippen LogP contribution in [0.25, 0.3) is 0 Å². The molecule has 6 nitrogen and oxygen atoms in total. The van der Waals surface area contributed by atoms with Gasteiger partial charge in [-0.25, -0.2) is 23.7 Å². The minimum atomic E-state index is -0.968. The van der Waals surface area contributed by atoms with Crippen molar-refractivity contribution in [2.24, 2.45) is 0 Å². The number of nitrogens with zero attached hydrogens (tertiary/aromatic N) is 3. The quantitative estimate of drug-likeness (QED) is 0.622. The Bertz CT molecular complexity index is 872. The summed E-state index contributed by atoms with van der Waals surface area (Å²) < 4.78 is 27.1. The molecule has 0 spiro atoms. The van der Waals surface area contributed by atoms with Gasteiger partial charge in [0.15, 0.2) is 23.3 Å². The molecule has 0 saturated carbocycles.